The molecule has 1 aliphatic heterocycles. The molecule has 0 bridgehead atoms. The second-order valence-electron chi connectivity index (χ2n) is 8.30. The molecule has 2 aliphatic rings. The first-order valence-electron chi connectivity index (χ1n) is 10.9. The summed E-state index contributed by atoms with van der Waals surface area (Å²) in [6.07, 6.45) is 0.943. The molecule has 2 fully saturated rings. The number of benzene rings is 2. The van der Waals surface area contributed by atoms with Crippen molar-refractivity contribution in [3.8, 4) is 11.5 Å². The van der Waals surface area contributed by atoms with E-state index in [1.165, 1.54) is 5.56 Å². The summed E-state index contributed by atoms with van der Waals surface area (Å²) in [7, 11) is 3.17. The zero-order chi connectivity index (χ0) is 22.2. The van der Waals surface area contributed by atoms with Gasteiger partial charge in [-0.15, -0.1) is 0 Å². The Hall–Kier alpha value is -3.55. The van der Waals surface area contributed by atoms with E-state index >= 15 is 0 Å². The molecule has 3 aromatic rings. The second-order valence-corrected chi connectivity index (χ2v) is 8.30. The van der Waals surface area contributed by atoms with Crippen molar-refractivity contribution < 1.29 is 14.3 Å². The fraction of sp³-hybridized carbons (Fsp3) is 0.375. The maximum Gasteiger partial charge on any atom is 0.228 e. The van der Waals surface area contributed by atoms with Crippen LogP contribution >= 0.6 is 0 Å². The standard InChI is InChI=1S/C24H27N5O3/c1-31-20-13-18-19(14-21(20)32-2)26-24(27-22(18)25)29-10-8-28(9-11-29)23(30)17-12-16(17)15-6-4-3-5-7-15/h3-7,13-14,16-17H,8-12H2,1-2H3,(H2,25,26,27)/t16-,17+/m0/s1. The van der Waals surface area contributed by atoms with Gasteiger partial charge in [0.15, 0.2) is 11.5 Å². The molecule has 0 spiro atoms. The van der Waals surface area contributed by atoms with Crippen LogP contribution in [0.2, 0.25) is 0 Å². The van der Waals surface area contributed by atoms with E-state index in [2.05, 4.69) is 22.0 Å². The molecule has 1 aliphatic carbocycles. The maximum atomic E-state index is 13.0. The number of nitrogens with zero attached hydrogens (tertiary/aromatic N) is 4. The van der Waals surface area contributed by atoms with Gasteiger partial charge in [0.05, 0.1) is 19.7 Å². The third-order valence-electron chi connectivity index (χ3n) is 6.43. The first-order chi connectivity index (χ1) is 15.6. The van der Waals surface area contributed by atoms with Crippen LogP contribution in [0.5, 0.6) is 11.5 Å². The molecule has 2 aromatic carbocycles. The van der Waals surface area contributed by atoms with Crippen LogP contribution in [-0.4, -0.2) is 61.2 Å². The molecule has 0 radical (unpaired) electrons. The van der Waals surface area contributed by atoms with Crippen molar-refractivity contribution in [3.63, 3.8) is 0 Å². The molecule has 1 saturated heterocycles. The van der Waals surface area contributed by atoms with Gasteiger partial charge in [0.25, 0.3) is 0 Å². The Labute approximate surface area is 186 Å². The van der Waals surface area contributed by atoms with E-state index in [9.17, 15) is 4.79 Å². The summed E-state index contributed by atoms with van der Waals surface area (Å²) >= 11 is 0. The molecule has 1 aromatic heterocycles. The molecule has 166 valence electrons. The lowest BCUT2D eigenvalue weighted by molar-refractivity contribution is -0.133. The average molecular weight is 434 g/mol. The Bertz CT molecular complexity index is 1150. The number of carbonyl (C=O) groups is 1. The number of methoxy groups -OCH3 is 2. The van der Waals surface area contributed by atoms with Gasteiger partial charge >= 0.3 is 0 Å². The Kier molecular flexibility index (Phi) is 5.20. The topological polar surface area (TPSA) is 93.8 Å². The molecule has 8 heteroatoms. The first-order valence-corrected chi connectivity index (χ1v) is 10.9. The Morgan fingerprint density at radius 3 is 2.38 bits per heavy atom. The normalized spacial score (nSPS) is 20.3. The van der Waals surface area contributed by atoms with Crippen molar-refractivity contribution in [1.29, 1.82) is 0 Å². The Balaban J connectivity index is 1.27. The minimum atomic E-state index is 0.110. The second kappa shape index (κ2) is 8.18. The van der Waals surface area contributed by atoms with E-state index in [-0.39, 0.29) is 11.8 Å². The van der Waals surface area contributed by atoms with Crippen LogP contribution in [0.3, 0.4) is 0 Å². The van der Waals surface area contributed by atoms with Gasteiger partial charge in [0.2, 0.25) is 11.9 Å². The minimum absolute atomic E-state index is 0.110. The number of rotatable bonds is 5. The van der Waals surface area contributed by atoms with E-state index < -0.39 is 0 Å². The summed E-state index contributed by atoms with van der Waals surface area (Å²) in [5.41, 5.74) is 8.20. The molecule has 2 N–H and O–H groups in total. The van der Waals surface area contributed by atoms with E-state index in [4.69, 9.17) is 20.2 Å². The van der Waals surface area contributed by atoms with Gasteiger partial charge in [-0.05, 0) is 24.0 Å². The highest BCUT2D eigenvalue weighted by Gasteiger charge is 2.46. The highest BCUT2D eigenvalue weighted by Crippen LogP contribution is 2.48. The van der Waals surface area contributed by atoms with Crippen molar-refractivity contribution in [2.24, 2.45) is 5.92 Å². The number of aromatic nitrogens is 2. The minimum Gasteiger partial charge on any atom is -0.493 e. The van der Waals surface area contributed by atoms with Crippen molar-refractivity contribution in [2.45, 2.75) is 12.3 Å². The number of amides is 1. The van der Waals surface area contributed by atoms with Crippen LogP contribution < -0.4 is 20.1 Å². The SMILES string of the molecule is COc1cc2nc(N3CCN(C(=O)[C@@H]4C[C@H]4c4ccccc4)CC3)nc(N)c2cc1OC. The fourth-order valence-electron chi connectivity index (χ4n) is 4.51. The van der Waals surface area contributed by atoms with Crippen molar-refractivity contribution in [3.05, 3.63) is 48.0 Å². The summed E-state index contributed by atoms with van der Waals surface area (Å²) in [6.45, 7) is 2.66. The number of piperazine rings is 1. The van der Waals surface area contributed by atoms with Gasteiger partial charge in [-0.3, -0.25) is 4.79 Å². The summed E-state index contributed by atoms with van der Waals surface area (Å²) in [6, 6.07) is 13.9. The zero-order valence-electron chi connectivity index (χ0n) is 18.3. The zero-order valence-corrected chi connectivity index (χ0v) is 18.3. The molecule has 0 unspecified atom stereocenters. The molecule has 2 atom stereocenters. The van der Waals surface area contributed by atoms with Gasteiger partial charge in [0, 0.05) is 43.5 Å². The predicted molar refractivity (Wildman–Crippen MR) is 123 cm³/mol. The lowest BCUT2D eigenvalue weighted by Crippen LogP contribution is -2.49. The maximum absolute atomic E-state index is 13.0. The lowest BCUT2D eigenvalue weighted by atomic mass is 10.1. The Morgan fingerprint density at radius 2 is 1.69 bits per heavy atom. The van der Waals surface area contributed by atoms with E-state index in [0.717, 1.165) is 11.8 Å². The Morgan fingerprint density at radius 1 is 1.00 bits per heavy atom. The van der Waals surface area contributed by atoms with Gasteiger partial charge < -0.3 is 25.0 Å². The van der Waals surface area contributed by atoms with E-state index in [1.807, 2.05) is 29.2 Å². The summed E-state index contributed by atoms with van der Waals surface area (Å²) in [5, 5.41) is 0.723. The molecule has 1 saturated carbocycles. The number of nitrogens with two attached hydrogens (primary N) is 1. The lowest BCUT2D eigenvalue weighted by Gasteiger charge is -2.35. The molecule has 8 nitrogen and oxygen atoms in total. The number of hydrogen-bond acceptors (Lipinski definition) is 7. The van der Waals surface area contributed by atoms with Crippen molar-refractivity contribution in [2.75, 3.05) is 51.0 Å². The third-order valence-corrected chi connectivity index (χ3v) is 6.43. The average Bonchev–Trinajstić information content (AvgIpc) is 3.64. The van der Waals surface area contributed by atoms with Crippen LogP contribution in [0, 0.1) is 5.92 Å². The first kappa shape index (κ1) is 20.4. The molecule has 32 heavy (non-hydrogen) atoms. The van der Waals surface area contributed by atoms with Crippen molar-refractivity contribution >= 4 is 28.6 Å². The van der Waals surface area contributed by atoms with E-state index in [0.29, 0.717) is 60.9 Å². The van der Waals surface area contributed by atoms with Crippen LogP contribution in [0.1, 0.15) is 17.9 Å². The highest BCUT2D eigenvalue weighted by atomic mass is 16.5. The highest BCUT2D eigenvalue weighted by molar-refractivity contribution is 5.91. The smallest absolute Gasteiger partial charge is 0.228 e. The number of fused-ring (bicyclic) bond motifs is 1. The van der Waals surface area contributed by atoms with Gasteiger partial charge in [-0.25, -0.2) is 4.98 Å². The third kappa shape index (κ3) is 3.66. The van der Waals surface area contributed by atoms with Crippen LogP contribution in [0.4, 0.5) is 11.8 Å². The molecule has 2 heterocycles. The molecule has 5 rings (SSSR count). The molecule has 1 amide bonds. The van der Waals surface area contributed by atoms with Crippen LogP contribution in [0.25, 0.3) is 10.9 Å². The molecular formula is C24H27N5O3. The number of carbonyl (C=O) groups excluding carboxylic acids is 1. The number of nitrogen functional groups attached to an aromatic ring is 1. The fourth-order valence-corrected chi connectivity index (χ4v) is 4.51. The summed E-state index contributed by atoms with van der Waals surface area (Å²) in [5.74, 6) is 2.88. The predicted octanol–water partition coefficient (Wildman–Crippen LogP) is 2.68. The monoisotopic (exact) mass is 433 g/mol. The quantitative estimate of drug-likeness (QED) is 0.661. The van der Waals surface area contributed by atoms with Gasteiger partial charge in [-0.2, -0.15) is 4.98 Å². The van der Waals surface area contributed by atoms with Crippen LogP contribution in [0.15, 0.2) is 42.5 Å². The van der Waals surface area contributed by atoms with Crippen molar-refractivity contribution in [1.82, 2.24) is 14.9 Å². The number of ether oxygens (including phenoxy) is 2. The number of hydrogen-bond donors (Lipinski definition) is 1. The van der Waals surface area contributed by atoms with E-state index in [1.54, 1.807) is 20.3 Å². The largest absolute Gasteiger partial charge is 0.493 e. The van der Waals surface area contributed by atoms with Crippen LogP contribution in [-0.2, 0) is 4.79 Å². The van der Waals surface area contributed by atoms with Gasteiger partial charge in [0.1, 0.15) is 5.82 Å². The summed E-state index contributed by atoms with van der Waals surface area (Å²) < 4.78 is 10.8. The molecular weight excluding hydrogens is 406 g/mol. The number of anilines is 2. The van der Waals surface area contributed by atoms with Gasteiger partial charge in [-0.1, -0.05) is 30.3 Å². The summed E-state index contributed by atoms with van der Waals surface area (Å²) in [4.78, 5) is 26.3.